The number of nitrogens with one attached hydrogen (secondary N) is 4. The number of aliphatic hydroxyl groups excluding tert-OH is 1. The highest BCUT2D eigenvalue weighted by molar-refractivity contribution is 7.89. The molecule has 5 N–H and O–H groups in total. The van der Waals surface area contributed by atoms with Crippen molar-refractivity contribution >= 4 is 33.5 Å². The van der Waals surface area contributed by atoms with Crippen molar-refractivity contribution in [1.82, 2.24) is 25.6 Å². The van der Waals surface area contributed by atoms with Gasteiger partial charge in [-0.15, -0.1) is 6.58 Å². The first kappa shape index (κ1) is 39.1. The summed E-state index contributed by atoms with van der Waals surface area (Å²) in [6, 6.07) is -3.67. The number of carbonyl (C=O) groups is 4. The van der Waals surface area contributed by atoms with Gasteiger partial charge in [0.1, 0.15) is 12.3 Å². The summed E-state index contributed by atoms with van der Waals surface area (Å²) in [6.45, 7) is 15.1. The number of hydrogen-bond acceptors (Lipinski definition) is 8. The number of Topliss-reactive ketones (excluding diaryl/α,β-unsaturated/α-hetero) is 1. The van der Waals surface area contributed by atoms with E-state index in [1.54, 1.807) is 6.92 Å². The maximum Gasteiger partial charge on any atom is 0.289 e. The molecule has 0 spiro atoms. The lowest BCUT2D eigenvalue weighted by Crippen LogP contribution is -2.64. The van der Waals surface area contributed by atoms with Crippen molar-refractivity contribution in [2.24, 2.45) is 29.1 Å². The molecule has 3 rings (SSSR count). The second kappa shape index (κ2) is 16.8. The number of sulfonamides is 1. The van der Waals surface area contributed by atoms with Crippen molar-refractivity contribution < 1.29 is 32.7 Å². The molecule has 0 radical (unpaired) electrons. The molecule has 0 aromatic heterocycles. The lowest BCUT2D eigenvalue weighted by atomic mass is 9.82. The van der Waals surface area contributed by atoms with Crippen LogP contribution in [0.3, 0.4) is 0 Å². The molecule has 0 aromatic rings. The van der Waals surface area contributed by atoms with Crippen LogP contribution in [0, 0.1) is 29.1 Å². The zero-order valence-electron chi connectivity index (χ0n) is 29.2. The van der Waals surface area contributed by atoms with Gasteiger partial charge in [0.05, 0.1) is 23.9 Å². The predicted octanol–water partition coefficient (Wildman–Crippen LogP) is 2.23. The average Bonchev–Trinajstić information content (AvgIpc) is 3.72. The van der Waals surface area contributed by atoms with Crippen molar-refractivity contribution in [1.29, 1.82) is 0 Å². The molecule has 2 aliphatic carbocycles. The Bertz CT molecular complexity index is 1220. The molecule has 13 heteroatoms. The molecule has 3 aliphatic rings. The van der Waals surface area contributed by atoms with Crippen LogP contribution in [0.5, 0.6) is 0 Å². The third kappa shape index (κ3) is 10.8. The Morgan fingerprint density at radius 2 is 1.66 bits per heavy atom. The van der Waals surface area contributed by atoms with E-state index in [1.807, 2.05) is 34.6 Å². The van der Waals surface area contributed by atoms with E-state index < -0.39 is 63.4 Å². The van der Waals surface area contributed by atoms with Gasteiger partial charge in [0, 0.05) is 13.1 Å². The lowest BCUT2D eigenvalue weighted by molar-refractivity contribution is -0.146. The minimum atomic E-state index is -3.65. The number of rotatable bonds is 17. The standard InChI is InChI=1S/C34H59N5O7S/c1-8-18-35-32(43)28(40)25(20-22-15-16-22)36-31(42)27-24(21(3)4)17-19-39(27)33(44)29(34(5,6)7)37-30(41)26(38-47(45,46)9-2)23-13-11-10-12-14-23/h8,21-27,29-30,37-38,41H,1,9-20H2,2-7H3,(H,35,43)(H,36,42)/t24-,25?,26+,27+,29-,30?/m1/s1. The molecule has 3 fully saturated rings. The van der Waals surface area contributed by atoms with Crippen LogP contribution in [-0.2, 0) is 29.2 Å². The van der Waals surface area contributed by atoms with Crippen molar-refractivity contribution in [3.8, 4) is 0 Å². The third-order valence-corrected chi connectivity index (χ3v) is 11.4. The molecule has 0 bridgehead atoms. The summed E-state index contributed by atoms with van der Waals surface area (Å²) >= 11 is 0. The van der Waals surface area contributed by atoms with E-state index in [9.17, 15) is 32.7 Å². The Hall–Kier alpha value is -2.35. The smallest absolute Gasteiger partial charge is 0.289 e. The molecule has 47 heavy (non-hydrogen) atoms. The molecule has 1 saturated heterocycles. The van der Waals surface area contributed by atoms with Crippen molar-refractivity contribution in [3.63, 3.8) is 0 Å². The van der Waals surface area contributed by atoms with Gasteiger partial charge in [-0.1, -0.05) is 72.8 Å². The molecular formula is C34H59N5O7S. The van der Waals surface area contributed by atoms with E-state index in [-0.39, 0.29) is 41.9 Å². The number of carbonyl (C=O) groups excluding carboxylic acids is 4. The Morgan fingerprint density at radius 3 is 2.19 bits per heavy atom. The largest absolute Gasteiger partial charge is 0.377 e. The van der Waals surface area contributed by atoms with Gasteiger partial charge in [-0.3, -0.25) is 24.5 Å². The van der Waals surface area contributed by atoms with Gasteiger partial charge in [0.15, 0.2) is 0 Å². The monoisotopic (exact) mass is 681 g/mol. The van der Waals surface area contributed by atoms with Gasteiger partial charge >= 0.3 is 0 Å². The van der Waals surface area contributed by atoms with Crippen LogP contribution < -0.4 is 20.7 Å². The Balaban J connectivity index is 1.88. The zero-order valence-corrected chi connectivity index (χ0v) is 30.0. The summed E-state index contributed by atoms with van der Waals surface area (Å²) in [5.41, 5.74) is -0.719. The second-order valence-corrected chi connectivity index (χ2v) is 17.2. The minimum Gasteiger partial charge on any atom is -0.377 e. The van der Waals surface area contributed by atoms with E-state index >= 15 is 0 Å². The Kier molecular flexibility index (Phi) is 14.0. The van der Waals surface area contributed by atoms with E-state index in [2.05, 4.69) is 27.3 Å². The molecule has 2 saturated carbocycles. The van der Waals surface area contributed by atoms with Crippen LogP contribution in [0.4, 0.5) is 0 Å². The maximum absolute atomic E-state index is 14.5. The number of hydrogen-bond donors (Lipinski definition) is 5. The van der Waals surface area contributed by atoms with Crippen molar-refractivity contribution in [2.75, 3.05) is 18.8 Å². The van der Waals surface area contributed by atoms with Crippen molar-refractivity contribution in [2.45, 2.75) is 130 Å². The van der Waals surface area contributed by atoms with Crippen LogP contribution in [0.2, 0.25) is 0 Å². The van der Waals surface area contributed by atoms with E-state index in [0.717, 1.165) is 44.9 Å². The molecule has 1 aliphatic heterocycles. The van der Waals surface area contributed by atoms with Crippen LogP contribution in [0.25, 0.3) is 0 Å². The Morgan fingerprint density at radius 1 is 1.02 bits per heavy atom. The molecule has 2 unspecified atom stereocenters. The first-order valence-corrected chi connectivity index (χ1v) is 19.1. The summed E-state index contributed by atoms with van der Waals surface area (Å²) in [6.07, 6.45) is 7.35. The summed E-state index contributed by atoms with van der Waals surface area (Å²) in [4.78, 5) is 55.8. The molecule has 3 amide bonds. The molecular weight excluding hydrogens is 622 g/mol. The van der Waals surface area contributed by atoms with Gasteiger partial charge in [0.2, 0.25) is 27.6 Å². The molecule has 1 heterocycles. The molecule has 0 aromatic carbocycles. The predicted molar refractivity (Wildman–Crippen MR) is 181 cm³/mol. The van der Waals surface area contributed by atoms with Gasteiger partial charge < -0.3 is 20.6 Å². The Labute approximate surface area is 281 Å². The van der Waals surface area contributed by atoms with Gasteiger partial charge in [0.25, 0.3) is 5.91 Å². The van der Waals surface area contributed by atoms with Gasteiger partial charge in [-0.05, 0) is 61.7 Å². The summed E-state index contributed by atoms with van der Waals surface area (Å²) in [5.74, 6) is -2.49. The highest BCUT2D eigenvalue weighted by Crippen LogP contribution is 2.36. The maximum atomic E-state index is 14.5. The normalized spacial score (nSPS) is 23.5. The number of aliphatic hydroxyl groups is 1. The third-order valence-electron chi connectivity index (χ3n) is 10.0. The van der Waals surface area contributed by atoms with E-state index in [4.69, 9.17) is 0 Å². The number of nitrogens with zero attached hydrogens (tertiary/aromatic N) is 1. The quantitative estimate of drug-likeness (QED) is 0.0883. The number of ketones is 1. The van der Waals surface area contributed by atoms with E-state index in [0.29, 0.717) is 19.4 Å². The molecule has 12 nitrogen and oxygen atoms in total. The van der Waals surface area contributed by atoms with Gasteiger partial charge in [-0.2, -0.15) is 0 Å². The summed E-state index contributed by atoms with van der Waals surface area (Å²) in [7, 11) is -3.65. The fraction of sp³-hybridized carbons (Fsp3) is 0.824. The summed E-state index contributed by atoms with van der Waals surface area (Å²) in [5, 5.41) is 20.0. The van der Waals surface area contributed by atoms with Crippen molar-refractivity contribution in [3.05, 3.63) is 12.7 Å². The first-order chi connectivity index (χ1) is 22.0. The van der Waals surface area contributed by atoms with Crippen LogP contribution in [0.1, 0.15) is 99.3 Å². The minimum absolute atomic E-state index is 0.0443. The topological polar surface area (TPSA) is 174 Å². The van der Waals surface area contributed by atoms with Crippen LogP contribution in [0.15, 0.2) is 12.7 Å². The van der Waals surface area contributed by atoms with Crippen LogP contribution in [-0.4, -0.2) is 91.2 Å². The van der Waals surface area contributed by atoms with Crippen LogP contribution >= 0.6 is 0 Å². The second-order valence-electron chi connectivity index (χ2n) is 15.1. The highest BCUT2D eigenvalue weighted by Gasteiger charge is 2.48. The SMILES string of the molecule is C=CCNC(=O)C(=O)C(CC1CC1)NC(=O)[C@@H]1[C@@H](C(C)C)CCN1C(=O)[C@@H](NC(O)[C@@H](NS(=O)(=O)CC)C1CCCCC1)C(C)(C)C. The number of amides is 3. The molecule has 268 valence electrons. The fourth-order valence-corrected chi connectivity index (χ4v) is 7.92. The zero-order chi connectivity index (χ0) is 35.1. The molecule has 6 atom stereocenters. The van der Waals surface area contributed by atoms with E-state index in [1.165, 1.54) is 11.0 Å². The average molecular weight is 682 g/mol. The highest BCUT2D eigenvalue weighted by atomic mass is 32.2. The number of likely N-dealkylation sites (tertiary alicyclic amines) is 1. The first-order valence-electron chi connectivity index (χ1n) is 17.5. The lowest BCUT2D eigenvalue weighted by Gasteiger charge is -2.40. The summed E-state index contributed by atoms with van der Waals surface area (Å²) < 4.78 is 28.1. The fourth-order valence-electron chi connectivity index (χ4n) is 7.02. The van der Waals surface area contributed by atoms with Gasteiger partial charge in [-0.25, -0.2) is 13.1 Å².